The Kier molecular flexibility index (Phi) is 6.83. The van der Waals surface area contributed by atoms with Crippen LogP contribution in [-0.4, -0.2) is 41.3 Å². The molecule has 6 nitrogen and oxygen atoms in total. The van der Waals surface area contributed by atoms with Gasteiger partial charge >= 0.3 is 6.09 Å². The summed E-state index contributed by atoms with van der Waals surface area (Å²) in [6, 6.07) is 1.80. The zero-order valence-corrected chi connectivity index (χ0v) is 14.7. The quantitative estimate of drug-likeness (QED) is 0.677. The van der Waals surface area contributed by atoms with Crippen LogP contribution >= 0.6 is 11.8 Å². The van der Waals surface area contributed by atoms with E-state index in [0.717, 1.165) is 10.6 Å². The van der Waals surface area contributed by atoms with Gasteiger partial charge in [0.15, 0.2) is 0 Å². The summed E-state index contributed by atoms with van der Waals surface area (Å²) in [5.74, 6) is 0. The van der Waals surface area contributed by atoms with E-state index in [9.17, 15) is 4.79 Å². The summed E-state index contributed by atoms with van der Waals surface area (Å²) in [7, 11) is 1.60. The zero-order valence-electron chi connectivity index (χ0n) is 13.8. The highest BCUT2D eigenvalue weighted by atomic mass is 32.2. The molecule has 1 unspecified atom stereocenters. The highest BCUT2D eigenvalue weighted by Crippen LogP contribution is 2.21. The van der Waals surface area contributed by atoms with Gasteiger partial charge in [-0.15, -0.1) is 11.8 Å². The van der Waals surface area contributed by atoms with Crippen LogP contribution in [0.15, 0.2) is 23.5 Å². The van der Waals surface area contributed by atoms with E-state index in [-0.39, 0.29) is 6.23 Å². The summed E-state index contributed by atoms with van der Waals surface area (Å²) in [4.78, 5) is 20.4. The SMILES string of the molecule is COC(C)N=C(SC)c1ccncc1NC(=O)OC(C)(C)C. The second-order valence-electron chi connectivity index (χ2n) is 5.52. The lowest BCUT2D eigenvalue weighted by atomic mass is 10.2. The Morgan fingerprint density at radius 3 is 2.68 bits per heavy atom. The van der Waals surface area contributed by atoms with E-state index in [1.807, 2.05) is 34.0 Å². The normalized spacial score (nSPS) is 13.6. The van der Waals surface area contributed by atoms with Crippen molar-refractivity contribution < 1.29 is 14.3 Å². The molecule has 0 saturated carbocycles. The average molecular weight is 325 g/mol. The Bertz CT molecular complexity index is 541. The Labute approximate surface area is 135 Å². The summed E-state index contributed by atoms with van der Waals surface area (Å²) < 4.78 is 10.4. The number of anilines is 1. The molecule has 0 aromatic carbocycles. The number of nitrogens with one attached hydrogen (secondary N) is 1. The molecule has 1 N–H and O–H groups in total. The highest BCUT2D eigenvalue weighted by molar-refractivity contribution is 8.13. The number of thioether (sulfide) groups is 1. The number of rotatable bonds is 4. The van der Waals surface area contributed by atoms with Gasteiger partial charge in [0, 0.05) is 18.9 Å². The van der Waals surface area contributed by atoms with Gasteiger partial charge in [0.25, 0.3) is 0 Å². The van der Waals surface area contributed by atoms with E-state index < -0.39 is 11.7 Å². The lowest BCUT2D eigenvalue weighted by Gasteiger charge is -2.20. The third-order valence-electron chi connectivity index (χ3n) is 2.52. The first-order valence-electron chi connectivity index (χ1n) is 6.85. The molecule has 0 bridgehead atoms. The second-order valence-corrected chi connectivity index (χ2v) is 6.32. The van der Waals surface area contributed by atoms with Crippen molar-refractivity contribution in [1.29, 1.82) is 0 Å². The smallest absolute Gasteiger partial charge is 0.412 e. The number of carbonyl (C=O) groups is 1. The van der Waals surface area contributed by atoms with Gasteiger partial charge in [0.1, 0.15) is 16.9 Å². The van der Waals surface area contributed by atoms with E-state index in [4.69, 9.17) is 9.47 Å². The summed E-state index contributed by atoms with van der Waals surface area (Å²) in [5.41, 5.74) is 0.762. The molecule has 22 heavy (non-hydrogen) atoms. The van der Waals surface area contributed by atoms with E-state index in [0.29, 0.717) is 5.69 Å². The molecule has 0 fully saturated rings. The van der Waals surface area contributed by atoms with Gasteiger partial charge in [0.2, 0.25) is 0 Å². The maximum atomic E-state index is 11.9. The van der Waals surface area contributed by atoms with Crippen molar-refractivity contribution in [2.24, 2.45) is 4.99 Å². The lowest BCUT2D eigenvalue weighted by molar-refractivity contribution is 0.0636. The van der Waals surface area contributed by atoms with E-state index in [1.165, 1.54) is 11.8 Å². The molecule has 122 valence electrons. The third kappa shape index (κ3) is 6.03. The van der Waals surface area contributed by atoms with Crippen LogP contribution in [0, 0.1) is 0 Å². The van der Waals surface area contributed by atoms with Crippen LogP contribution < -0.4 is 5.32 Å². The molecule has 0 radical (unpaired) electrons. The standard InChI is InChI=1S/C15H23N3O3S/c1-10(20-5)17-13(22-6)11-7-8-16-9-12(11)18-14(19)21-15(2,3)4/h7-10H,1-6H3,(H,18,19). The number of amides is 1. The molecule has 0 spiro atoms. The predicted molar refractivity (Wildman–Crippen MR) is 90.6 cm³/mol. The van der Waals surface area contributed by atoms with Crippen molar-refractivity contribution >= 4 is 28.6 Å². The Hall–Kier alpha value is -1.60. The number of ether oxygens (including phenoxy) is 2. The molecule has 1 aromatic heterocycles. The molecule has 0 aliphatic heterocycles. The molecule has 1 amide bonds. The number of methoxy groups -OCH3 is 1. The predicted octanol–water partition coefficient (Wildman–Crippen LogP) is 3.53. The minimum absolute atomic E-state index is 0.273. The van der Waals surface area contributed by atoms with Crippen LogP contribution in [0.4, 0.5) is 10.5 Å². The number of aromatic nitrogens is 1. The molecular formula is C15H23N3O3S. The summed E-state index contributed by atoms with van der Waals surface area (Å²) in [6.45, 7) is 7.28. The summed E-state index contributed by atoms with van der Waals surface area (Å²) in [6.07, 6.45) is 4.34. The first-order chi connectivity index (χ1) is 10.3. The van der Waals surface area contributed by atoms with Crippen LogP contribution in [0.2, 0.25) is 0 Å². The zero-order chi connectivity index (χ0) is 16.8. The van der Waals surface area contributed by atoms with Crippen LogP contribution in [-0.2, 0) is 9.47 Å². The summed E-state index contributed by atoms with van der Waals surface area (Å²) in [5, 5.41) is 3.47. The number of pyridine rings is 1. The molecular weight excluding hydrogens is 302 g/mol. The van der Waals surface area contributed by atoms with Crippen LogP contribution in [0.25, 0.3) is 0 Å². The number of hydrogen-bond acceptors (Lipinski definition) is 6. The number of carbonyl (C=O) groups excluding carboxylic acids is 1. The fourth-order valence-electron chi connectivity index (χ4n) is 1.54. The molecule has 1 aromatic rings. The minimum Gasteiger partial charge on any atom is -0.444 e. The third-order valence-corrected chi connectivity index (χ3v) is 3.23. The van der Waals surface area contributed by atoms with Gasteiger partial charge in [0.05, 0.1) is 11.9 Å². The van der Waals surface area contributed by atoms with Gasteiger partial charge in [-0.1, -0.05) is 0 Å². The first kappa shape index (κ1) is 18.4. The van der Waals surface area contributed by atoms with Crippen LogP contribution in [0.5, 0.6) is 0 Å². The topological polar surface area (TPSA) is 72.8 Å². The van der Waals surface area contributed by atoms with E-state index in [2.05, 4.69) is 15.3 Å². The highest BCUT2D eigenvalue weighted by Gasteiger charge is 2.18. The van der Waals surface area contributed by atoms with Gasteiger partial charge in [-0.25, -0.2) is 9.79 Å². The van der Waals surface area contributed by atoms with Gasteiger partial charge in [-0.05, 0) is 40.0 Å². The van der Waals surface area contributed by atoms with Crippen molar-refractivity contribution in [1.82, 2.24) is 4.98 Å². The first-order valence-corrected chi connectivity index (χ1v) is 8.08. The minimum atomic E-state index is -0.562. The number of nitrogens with zero attached hydrogens (tertiary/aromatic N) is 2. The molecule has 1 heterocycles. The maximum Gasteiger partial charge on any atom is 0.412 e. The molecule has 1 atom stereocenters. The van der Waals surface area contributed by atoms with E-state index in [1.54, 1.807) is 25.6 Å². The Morgan fingerprint density at radius 1 is 1.45 bits per heavy atom. The monoisotopic (exact) mass is 325 g/mol. The largest absolute Gasteiger partial charge is 0.444 e. The van der Waals surface area contributed by atoms with Crippen molar-refractivity contribution in [3.63, 3.8) is 0 Å². The molecule has 1 rings (SSSR count). The molecule has 0 saturated heterocycles. The number of aliphatic imine (C=N–C) groups is 1. The van der Waals surface area contributed by atoms with Crippen molar-refractivity contribution in [3.8, 4) is 0 Å². The molecule has 0 aliphatic carbocycles. The molecule has 7 heteroatoms. The maximum absolute atomic E-state index is 11.9. The summed E-state index contributed by atoms with van der Waals surface area (Å²) >= 11 is 1.47. The van der Waals surface area contributed by atoms with E-state index >= 15 is 0 Å². The van der Waals surface area contributed by atoms with Gasteiger partial charge < -0.3 is 9.47 Å². The average Bonchev–Trinajstić information content (AvgIpc) is 2.43. The second kappa shape index (κ2) is 8.14. The van der Waals surface area contributed by atoms with Crippen LogP contribution in [0.3, 0.4) is 0 Å². The number of hydrogen-bond donors (Lipinski definition) is 1. The Morgan fingerprint density at radius 2 is 2.14 bits per heavy atom. The fraction of sp³-hybridized carbons (Fsp3) is 0.533. The van der Waals surface area contributed by atoms with Crippen LogP contribution in [0.1, 0.15) is 33.3 Å². The Balaban J connectivity index is 3.03. The van der Waals surface area contributed by atoms with Gasteiger partial charge in [-0.2, -0.15) is 0 Å². The van der Waals surface area contributed by atoms with Crippen molar-refractivity contribution in [3.05, 3.63) is 24.0 Å². The molecule has 0 aliphatic rings. The lowest BCUT2D eigenvalue weighted by Crippen LogP contribution is -2.27. The van der Waals surface area contributed by atoms with Gasteiger partial charge in [-0.3, -0.25) is 10.3 Å². The fourth-order valence-corrected chi connectivity index (χ4v) is 2.20. The van der Waals surface area contributed by atoms with Crippen molar-refractivity contribution in [2.45, 2.75) is 39.5 Å². The van der Waals surface area contributed by atoms with Crippen molar-refractivity contribution in [2.75, 3.05) is 18.7 Å².